The lowest BCUT2D eigenvalue weighted by molar-refractivity contribution is 0.0766. The molecule has 1 fully saturated rings. The Hall–Kier alpha value is -0.510. The van der Waals surface area contributed by atoms with Crippen molar-refractivity contribution in [3.8, 4) is 0 Å². The van der Waals surface area contributed by atoms with Crippen LogP contribution in [0, 0.1) is 20.8 Å². The highest BCUT2D eigenvalue weighted by atomic mass is 32.2. The van der Waals surface area contributed by atoms with Gasteiger partial charge in [0.2, 0.25) is 0 Å². The fraction of sp³-hybridized carbons (Fsp3) is 0.667. The van der Waals surface area contributed by atoms with E-state index in [1.807, 2.05) is 11.8 Å². The summed E-state index contributed by atoms with van der Waals surface area (Å²) in [6, 6.07) is 5.05. The molecule has 0 saturated carbocycles. The highest BCUT2D eigenvalue weighted by Gasteiger charge is 2.31. The maximum Gasteiger partial charge on any atom is 0.0479 e. The second kappa shape index (κ2) is 7.17. The summed E-state index contributed by atoms with van der Waals surface area (Å²) >= 11 is 2.00. The molecule has 1 aromatic carbocycles. The van der Waals surface area contributed by atoms with Gasteiger partial charge >= 0.3 is 0 Å². The number of benzene rings is 1. The summed E-state index contributed by atoms with van der Waals surface area (Å²) < 4.78 is 5.87. The Morgan fingerprint density at radius 2 is 1.76 bits per heavy atom. The molecule has 0 aromatic heterocycles. The SMILES string of the molecule is CSC1(CN[C@@H](C)c2cc(C)c(C)cc2C)CCOCC1. The molecule has 0 amide bonds. The molecular formula is C18H29NOS. The summed E-state index contributed by atoms with van der Waals surface area (Å²) in [5.41, 5.74) is 5.59. The predicted molar refractivity (Wildman–Crippen MR) is 93.4 cm³/mol. The summed E-state index contributed by atoms with van der Waals surface area (Å²) in [6.45, 7) is 11.8. The molecule has 3 heteroatoms. The fourth-order valence-electron chi connectivity index (χ4n) is 3.09. The lowest BCUT2D eigenvalue weighted by Crippen LogP contribution is -2.43. The van der Waals surface area contributed by atoms with Gasteiger partial charge < -0.3 is 10.1 Å². The summed E-state index contributed by atoms with van der Waals surface area (Å²) in [5.74, 6) is 0. The molecule has 0 aliphatic carbocycles. The zero-order valence-corrected chi connectivity index (χ0v) is 14.9. The second-order valence-electron chi connectivity index (χ2n) is 6.40. The molecule has 21 heavy (non-hydrogen) atoms. The number of nitrogens with one attached hydrogen (secondary N) is 1. The largest absolute Gasteiger partial charge is 0.381 e. The topological polar surface area (TPSA) is 21.3 Å². The molecule has 1 aliphatic heterocycles. The summed E-state index contributed by atoms with van der Waals surface area (Å²) in [7, 11) is 0. The quantitative estimate of drug-likeness (QED) is 0.882. The molecule has 1 N–H and O–H groups in total. The van der Waals surface area contributed by atoms with E-state index in [1.54, 1.807) is 0 Å². The van der Waals surface area contributed by atoms with Crippen molar-refractivity contribution < 1.29 is 4.74 Å². The smallest absolute Gasteiger partial charge is 0.0479 e. The van der Waals surface area contributed by atoms with Crippen LogP contribution in [-0.4, -0.2) is 30.8 Å². The van der Waals surface area contributed by atoms with Gasteiger partial charge in [-0.3, -0.25) is 0 Å². The van der Waals surface area contributed by atoms with Crippen molar-refractivity contribution in [3.05, 3.63) is 34.4 Å². The summed E-state index contributed by atoms with van der Waals surface area (Å²) in [5, 5.41) is 3.77. The van der Waals surface area contributed by atoms with Crippen LogP contribution in [-0.2, 0) is 4.74 Å². The Bertz CT molecular complexity index is 480. The van der Waals surface area contributed by atoms with Gasteiger partial charge in [-0.2, -0.15) is 11.8 Å². The van der Waals surface area contributed by atoms with Gasteiger partial charge in [0.25, 0.3) is 0 Å². The van der Waals surface area contributed by atoms with Crippen molar-refractivity contribution >= 4 is 11.8 Å². The van der Waals surface area contributed by atoms with Crippen molar-refractivity contribution in [2.24, 2.45) is 0 Å². The number of ether oxygens (including phenoxy) is 1. The third kappa shape index (κ3) is 4.02. The van der Waals surface area contributed by atoms with Crippen LogP contribution in [0.2, 0.25) is 0 Å². The number of hydrogen-bond donors (Lipinski definition) is 1. The van der Waals surface area contributed by atoms with Crippen LogP contribution < -0.4 is 5.32 Å². The van der Waals surface area contributed by atoms with Crippen molar-refractivity contribution in [2.75, 3.05) is 26.0 Å². The molecule has 0 radical (unpaired) electrons. The average Bonchev–Trinajstić information content (AvgIpc) is 2.49. The Morgan fingerprint density at radius 3 is 2.38 bits per heavy atom. The first kappa shape index (κ1) is 16.9. The third-order valence-electron chi connectivity index (χ3n) is 4.92. The number of hydrogen-bond acceptors (Lipinski definition) is 3. The van der Waals surface area contributed by atoms with E-state index < -0.39 is 0 Å². The fourth-order valence-corrected chi connectivity index (χ4v) is 3.90. The number of aryl methyl sites for hydroxylation is 3. The zero-order chi connectivity index (χ0) is 15.5. The van der Waals surface area contributed by atoms with Gasteiger partial charge in [-0.05, 0) is 69.0 Å². The van der Waals surface area contributed by atoms with Gasteiger partial charge in [-0.25, -0.2) is 0 Å². The zero-order valence-electron chi connectivity index (χ0n) is 14.1. The van der Waals surface area contributed by atoms with Crippen LogP contribution in [0.25, 0.3) is 0 Å². The lowest BCUT2D eigenvalue weighted by atomic mass is 9.95. The summed E-state index contributed by atoms with van der Waals surface area (Å²) in [6.07, 6.45) is 4.54. The Kier molecular flexibility index (Phi) is 5.75. The second-order valence-corrected chi connectivity index (χ2v) is 7.67. The standard InChI is InChI=1S/C18H29NOS/c1-13-10-15(3)17(11-14(13)2)16(4)19-12-18(21-5)6-8-20-9-7-18/h10-11,16,19H,6-9,12H2,1-5H3/t16-/m0/s1. The van der Waals surface area contributed by atoms with Crippen molar-refractivity contribution in [3.63, 3.8) is 0 Å². The molecule has 2 rings (SSSR count). The van der Waals surface area contributed by atoms with Crippen LogP contribution in [0.5, 0.6) is 0 Å². The van der Waals surface area contributed by atoms with Crippen molar-refractivity contribution in [2.45, 2.75) is 51.3 Å². The lowest BCUT2D eigenvalue weighted by Gasteiger charge is -2.37. The van der Waals surface area contributed by atoms with Crippen molar-refractivity contribution in [1.29, 1.82) is 0 Å². The highest BCUT2D eigenvalue weighted by Crippen LogP contribution is 2.34. The number of rotatable bonds is 5. The molecule has 0 spiro atoms. The van der Waals surface area contributed by atoms with Gasteiger partial charge in [0, 0.05) is 30.5 Å². The van der Waals surface area contributed by atoms with E-state index >= 15 is 0 Å². The molecule has 2 nitrogen and oxygen atoms in total. The molecule has 1 heterocycles. The van der Waals surface area contributed by atoms with Gasteiger partial charge in [0.05, 0.1) is 0 Å². The Balaban J connectivity index is 2.04. The first-order chi connectivity index (χ1) is 9.97. The first-order valence-electron chi connectivity index (χ1n) is 7.91. The maximum absolute atomic E-state index is 5.52. The third-order valence-corrected chi connectivity index (χ3v) is 6.33. The molecule has 0 bridgehead atoms. The molecule has 118 valence electrons. The van der Waals surface area contributed by atoms with Crippen LogP contribution >= 0.6 is 11.8 Å². The van der Waals surface area contributed by atoms with E-state index in [0.29, 0.717) is 10.8 Å². The van der Waals surface area contributed by atoms with E-state index in [2.05, 4.69) is 51.4 Å². The van der Waals surface area contributed by atoms with Gasteiger partial charge in [0.1, 0.15) is 0 Å². The normalized spacial score (nSPS) is 19.5. The van der Waals surface area contributed by atoms with Gasteiger partial charge in [-0.15, -0.1) is 0 Å². The monoisotopic (exact) mass is 307 g/mol. The average molecular weight is 308 g/mol. The molecular weight excluding hydrogens is 278 g/mol. The van der Waals surface area contributed by atoms with Crippen molar-refractivity contribution in [1.82, 2.24) is 5.32 Å². The molecule has 1 atom stereocenters. The Labute approximate surface area is 134 Å². The first-order valence-corrected chi connectivity index (χ1v) is 9.14. The van der Waals surface area contributed by atoms with Crippen LogP contribution in [0.4, 0.5) is 0 Å². The van der Waals surface area contributed by atoms with E-state index in [0.717, 1.165) is 32.6 Å². The predicted octanol–water partition coefficient (Wildman–Crippen LogP) is 4.17. The maximum atomic E-state index is 5.52. The van der Waals surface area contributed by atoms with Gasteiger partial charge in [0.15, 0.2) is 0 Å². The van der Waals surface area contributed by atoms with E-state index in [4.69, 9.17) is 4.74 Å². The summed E-state index contributed by atoms with van der Waals surface area (Å²) in [4.78, 5) is 0. The molecule has 1 aliphatic rings. The number of thioether (sulfide) groups is 1. The van der Waals surface area contributed by atoms with E-state index in [9.17, 15) is 0 Å². The highest BCUT2D eigenvalue weighted by molar-refractivity contribution is 8.00. The molecule has 1 aromatic rings. The molecule has 1 saturated heterocycles. The van der Waals surface area contributed by atoms with Crippen LogP contribution in [0.1, 0.15) is 48.1 Å². The van der Waals surface area contributed by atoms with Gasteiger partial charge in [-0.1, -0.05) is 12.1 Å². The minimum atomic E-state index is 0.347. The van der Waals surface area contributed by atoms with E-state index in [1.165, 1.54) is 22.3 Å². The van der Waals surface area contributed by atoms with Crippen LogP contribution in [0.15, 0.2) is 12.1 Å². The Morgan fingerprint density at radius 1 is 1.14 bits per heavy atom. The minimum absolute atomic E-state index is 0.347. The van der Waals surface area contributed by atoms with E-state index in [-0.39, 0.29) is 0 Å². The molecule has 0 unspecified atom stereocenters. The minimum Gasteiger partial charge on any atom is -0.381 e. The van der Waals surface area contributed by atoms with Crippen LogP contribution in [0.3, 0.4) is 0 Å².